The van der Waals surface area contributed by atoms with Gasteiger partial charge in [0.25, 0.3) is 0 Å². The van der Waals surface area contributed by atoms with Crippen molar-refractivity contribution < 1.29 is 14.3 Å². The molecule has 0 aromatic heterocycles. The van der Waals surface area contributed by atoms with E-state index in [2.05, 4.69) is 4.79 Å². The highest BCUT2D eigenvalue weighted by Gasteiger charge is 1.86. The molecule has 0 fully saturated rings. The SMILES string of the molecule is C1=COCCC1.CC(=O)C=[N+]=[N-]. The fourth-order valence-electron chi connectivity index (χ4n) is 0.570. The van der Waals surface area contributed by atoms with Gasteiger partial charge in [-0.25, -0.2) is 0 Å². The first-order valence-electron chi connectivity index (χ1n) is 3.72. The first-order valence-corrected chi connectivity index (χ1v) is 3.72. The van der Waals surface area contributed by atoms with Crippen LogP contribution in [0.3, 0.4) is 0 Å². The van der Waals surface area contributed by atoms with Crippen molar-refractivity contribution >= 4 is 12.0 Å². The number of hydrogen-bond acceptors (Lipinski definition) is 2. The van der Waals surface area contributed by atoms with E-state index in [-0.39, 0.29) is 5.78 Å². The number of carbonyl (C=O) groups is 1. The smallest absolute Gasteiger partial charge is 0.322 e. The predicted octanol–water partition coefficient (Wildman–Crippen LogP) is 1.19. The molecule has 0 aromatic rings. The number of hydrogen-bond donors (Lipinski definition) is 0. The summed E-state index contributed by atoms with van der Waals surface area (Å²) in [6.45, 7) is 2.22. The molecule has 0 amide bonds. The van der Waals surface area contributed by atoms with Crippen LogP contribution >= 0.6 is 0 Å². The standard InChI is InChI=1S/C5H8O.C3H4N2O/c1-2-4-6-5-3-1;1-3(6)2-5-4/h2,4H,1,3,5H2;2H,1H3. The average Bonchev–Trinajstić information content (AvgIpc) is 2.08. The van der Waals surface area contributed by atoms with Crippen molar-refractivity contribution in [2.75, 3.05) is 6.61 Å². The van der Waals surface area contributed by atoms with Gasteiger partial charge in [0.05, 0.1) is 12.9 Å². The van der Waals surface area contributed by atoms with Crippen molar-refractivity contribution in [3.63, 3.8) is 0 Å². The van der Waals surface area contributed by atoms with Gasteiger partial charge in [-0.1, -0.05) is 0 Å². The van der Waals surface area contributed by atoms with Crippen LogP contribution in [0.5, 0.6) is 0 Å². The van der Waals surface area contributed by atoms with E-state index >= 15 is 0 Å². The topological polar surface area (TPSA) is 62.7 Å². The molecule has 0 atom stereocenters. The Morgan fingerprint density at radius 2 is 2.50 bits per heavy atom. The number of carbonyl (C=O) groups excluding carboxylic acids is 1. The molecule has 0 radical (unpaired) electrons. The van der Waals surface area contributed by atoms with E-state index in [0.717, 1.165) is 12.8 Å². The molecule has 0 N–H and O–H groups in total. The summed E-state index contributed by atoms with van der Waals surface area (Å²) in [7, 11) is 0. The van der Waals surface area contributed by atoms with Crippen molar-refractivity contribution in [3.05, 3.63) is 17.9 Å². The first kappa shape index (κ1) is 10.6. The fourth-order valence-corrected chi connectivity index (χ4v) is 0.570. The van der Waals surface area contributed by atoms with Gasteiger partial charge in [-0.3, -0.25) is 4.79 Å². The summed E-state index contributed by atoms with van der Waals surface area (Å²) in [6, 6.07) is 0. The number of ketones is 1. The molecule has 4 heteroatoms. The summed E-state index contributed by atoms with van der Waals surface area (Å²) in [5.41, 5.74) is 7.59. The number of allylic oxidation sites excluding steroid dienone is 1. The molecule has 0 saturated carbocycles. The summed E-state index contributed by atoms with van der Waals surface area (Å²) in [5.74, 6) is -0.252. The molecule has 0 aromatic carbocycles. The minimum Gasteiger partial charge on any atom is -0.502 e. The highest BCUT2D eigenvalue weighted by Crippen LogP contribution is 1.97. The third-order valence-corrected chi connectivity index (χ3v) is 1.06. The number of rotatable bonds is 1. The zero-order valence-electron chi connectivity index (χ0n) is 7.06. The van der Waals surface area contributed by atoms with Gasteiger partial charge >= 0.3 is 6.21 Å². The molecule has 0 saturated heterocycles. The molecule has 4 nitrogen and oxygen atoms in total. The highest BCUT2D eigenvalue weighted by atomic mass is 16.5. The number of Topliss-reactive ketones (excluding diaryl/α,β-unsaturated/α-hetero) is 1. The third kappa shape index (κ3) is 8.59. The zero-order valence-corrected chi connectivity index (χ0v) is 7.06. The summed E-state index contributed by atoms with van der Waals surface area (Å²) < 4.78 is 4.89. The quantitative estimate of drug-likeness (QED) is 0.335. The molecule has 1 aliphatic heterocycles. The van der Waals surface area contributed by atoms with Crippen molar-refractivity contribution in [2.45, 2.75) is 19.8 Å². The largest absolute Gasteiger partial charge is 0.502 e. The molecule has 66 valence electrons. The Kier molecular flexibility index (Phi) is 6.79. The van der Waals surface area contributed by atoms with Crippen molar-refractivity contribution in [2.24, 2.45) is 0 Å². The summed E-state index contributed by atoms with van der Waals surface area (Å²) >= 11 is 0. The van der Waals surface area contributed by atoms with Gasteiger partial charge < -0.3 is 10.3 Å². The van der Waals surface area contributed by atoms with E-state index in [1.54, 1.807) is 6.26 Å². The minimum atomic E-state index is -0.252. The Balaban J connectivity index is 0.000000202. The van der Waals surface area contributed by atoms with Gasteiger partial charge in [0.2, 0.25) is 5.78 Å². The monoisotopic (exact) mass is 168 g/mol. The van der Waals surface area contributed by atoms with Crippen molar-refractivity contribution in [1.29, 1.82) is 0 Å². The summed E-state index contributed by atoms with van der Waals surface area (Å²) in [5, 5.41) is 0. The molecular weight excluding hydrogens is 156 g/mol. The van der Waals surface area contributed by atoms with E-state index in [0.29, 0.717) is 0 Å². The second-order valence-corrected chi connectivity index (χ2v) is 2.24. The van der Waals surface area contributed by atoms with E-state index in [9.17, 15) is 4.79 Å². The van der Waals surface area contributed by atoms with Crippen molar-refractivity contribution in [3.8, 4) is 0 Å². The predicted molar refractivity (Wildman–Crippen MR) is 44.7 cm³/mol. The fraction of sp³-hybridized carbons (Fsp3) is 0.500. The molecule has 1 heterocycles. The minimum absolute atomic E-state index is 0.252. The van der Waals surface area contributed by atoms with E-state index in [1.165, 1.54) is 19.8 Å². The molecule has 0 bridgehead atoms. The maximum Gasteiger partial charge on any atom is 0.322 e. The maximum absolute atomic E-state index is 9.73. The molecule has 0 aliphatic carbocycles. The lowest BCUT2D eigenvalue weighted by atomic mass is 10.3. The lowest BCUT2D eigenvalue weighted by molar-refractivity contribution is -0.114. The highest BCUT2D eigenvalue weighted by molar-refractivity contribution is 6.23. The van der Waals surface area contributed by atoms with E-state index < -0.39 is 0 Å². The van der Waals surface area contributed by atoms with Gasteiger partial charge in [-0.15, -0.1) is 0 Å². The zero-order chi connectivity index (χ0) is 9.23. The molecule has 12 heavy (non-hydrogen) atoms. The first-order chi connectivity index (χ1) is 5.77. The Bertz CT molecular complexity index is 197. The Labute approximate surface area is 71.5 Å². The van der Waals surface area contributed by atoms with Crippen LogP contribution in [-0.2, 0) is 9.53 Å². The molecular formula is C8H12N2O2. The van der Waals surface area contributed by atoms with E-state index in [1.807, 2.05) is 6.08 Å². The van der Waals surface area contributed by atoms with Crippen LogP contribution in [0.25, 0.3) is 5.53 Å². The second-order valence-electron chi connectivity index (χ2n) is 2.24. The van der Waals surface area contributed by atoms with Gasteiger partial charge in [0.1, 0.15) is 0 Å². The van der Waals surface area contributed by atoms with Crippen LogP contribution in [-0.4, -0.2) is 23.4 Å². The van der Waals surface area contributed by atoms with Gasteiger partial charge in [-0.05, 0) is 18.9 Å². The number of nitrogens with zero attached hydrogens (tertiary/aromatic N) is 2. The lowest BCUT2D eigenvalue weighted by Gasteiger charge is -2.01. The van der Waals surface area contributed by atoms with Gasteiger partial charge in [-0.2, -0.15) is 4.79 Å². The van der Waals surface area contributed by atoms with Crippen LogP contribution < -0.4 is 0 Å². The maximum atomic E-state index is 9.73. The average molecular weight is 168 g/mol. The van der Waals surface area contributed by atoms with E-state index in [4.69, 9.17) is 10.3 Å². The van der Waals surface area contributed by atoms with Gasteiger partial charge in [0.15, 0.2) is 0 Å². The van der Waals surface area contributed by atoms with Gasteiger partial charge in [0, 0.05) is 6.92 Å². The molecule has 0 spiro atoms. The molecule has 1 aliphatic rings. The van der Waals surface area contributed by atoms with Crippen LogP contribution in [0.1, 0.15) is 19.8 Å². The Hall–Kier alpha value is -1.41. The van der Waals surface area contributed by atoms with Crippen molar-refractivity contribution in [1.82, 2.24) is 0 Å². The number of ether oxygens (including phenoxy) is 1. The normalized spacial score (nSPS) is 13.1. The Morgan fingerprint density at radius 3 is 2.58 bits per heavy atom. The lowest BCUT2D eigenvalue weighted by Crippen LogP contribution is -1.90. The summed E-state index contributed by atoms with van der Waals surface area (Å²) in [6.07, 6.45) is 7.03. The third-order valence-electron chi connectivity index (χ3n) is 1.06. The Morgan fingerprint density at radius 1 is 1.75 bits per heavy atom. The van der Waals surface area contributed by atoms with Crippen LogP contribution in [0, 0.1) is 0 Å². The van der Waals surface area contributed by atoms with Crippen LogP contribution in [0.15, 0.2) is 12.3 Å². The summed E-state index contributed by atoms with van der Waals surface area (Å²) in [4.78, 5) is 12.2. The second kappa shape index (κ2) is 7.69. The molecule has 0 unspecified atom stereocenters. The van der Waals surface area contributed by atoms with Crippen LogP contribution in [0.2, 0.25) is 0 Å². The van der Waals surface area contributed by atoms with Crippen LogP contribution in [0.4, 0.5) is 0 Å². The molecule has 1 rings (SSSR count).